The van der Waals surface area contributed by atoms with Crippen molar-refractivity contribution in [3.05, 3.63) is 30.0 Å². The van der Waals surface area contributed by atoms with Gasteiger partial charge in [0.25, 0.3) is 0 Å². The molecule has 0 aliphatic carbocycles. The maximum absolute atomic E-state index is 11.4. The number of hydrogen-bond donors (Lipinski definition) is 1. The molecule has 0 bridgehead atoms. The van der Waals surface area contributed by atoms with Crippen LogP contribution in [0.5, 0.6) is 0 Å². The van der Waals surface area contributed by atoms with Gasteiger partial charge in [0.1, 0.15) is 6.04 Å². The summed E-state index contributed by atoms with van der Waals surface area (Å²) in [6, 6.07) is 7.65. The Morgan fingerprint density at radius 2 is 2.24 bits per heavy atom. The molecule has 114 valence electrons. The van der Waals surface area contributed by atoms with Gasteiger partial charge in [-0.05, 0) is 25.2 Å². The van der Waals surface area contributed by atoms with E-state index >= 15 is 0 Å². The first-order chi connectivity index (χ1) is 10.1. The lowest BCUT2D eigenvalue weighted by Crippen LogP contribution is -2.32. The quantitative estimate of drug-likeness (QED) is 0.626. The van der Waals surface area contributed by atoms with Gasteiger partial charge in [0.15, 0.2) is 0 Å². The van der Waals surface area contributed by atoms with E-state index in [0.717, 1.165) is 22.7 Å². The normalized spacial score (nSPS) is 12.5. The number of benzene rings is 1. The number of fused-ring (bicyclic) bond motifs is 1. The highest BCUT2D eigenvalue weighted by atomic mass is 32.2. The number of rotatable bonds is 7. The van der Waals surface area contributed by atoms with Crippen LogP contribution < -0.4 is 5.73 Å². The summed E-state index contributed by atoms with van der Waals surface area (Å²) in [6.07, 6.45) is 0.619. The molecular formula is C15H21N3O2S. The molecule has 1 atom stereocenters. The lowest BCUT2D eigenvalue weighted by molar-refractivity contribution is -0.144. The van der Waals surface area contributed by atoms with Crippen molar-refractivity contribution in [3.8, 4) is 0 Å². The van der Waals surface area contributed by atoms with Crippen LogP contribution in [-0.4, -0.2) is 34.2 Å². The average Bonchev–Trinajstić information content (AvgIpc) is 2.81. The van der Waals surface area contributed by atoms with E-state index in [9.17, 15) is 4.79 Å². The van der Waals surface area contributed by atoms with Crippen LogP contribution in [-0.2, 0) is 22.3 Å². The summed E-state index contributed by atoms with van der Waals surface area (Å²) >= 11 is 1.73. The molecule has 0 saturated heterocycles. The first kappa shape index (κ1) is 15.9. The number of hydrogen-bond acceptors (Lipinski definition) is 5. The van der Waals surface area contributed by atoms with Crippen molar-refractivity contribution in [1.82, 2.24) is 9.78 Å². The van der Waals surface area contributed by atoms with Crippen LogP contribution in [0.1, 0.15) is 19.0 Å². The largest absolute Gasteiger partial charge is 0.465 e. The van der Waals surface area contributed by atoms with E-state index in [0.29, 0.717) is 13.0 Å². The molecular weight excluding hydrogens is 286 g/mol. The fraction of sp³-hybridized carbons (Fsp3) is 0.467. The van der Waals surface area contributed by atoms with E-state index in [1.165, 1.54) is 5.39 Å². The summed E-state index contributed by atoms with van der Waals surface area (Å²) in [5, 5.41) is 5.73. The third kappa shape index (κ3) is 3.98. The number of aromatic nitrogens is 2. The molecule has 5 nitrogen and oxygen atoms in total. The van der Waals surface area contributed by atoms with Gasteiger partial charge in [0, 0.05) is 18.2 Å². The number of aryl methyl sites for hydroxylation is 1. The van der Waals surface area contributed by atoms with E-state index in [-0.39, 0.29) is 5.97 Å². The Morgan fingerprint density at radius 1 is 1.48 bits per heavy atom. The van der Waals surface area contributed by atoms with Crippen LogP contribution >= 0.6 is 11.8 Å². The number of nitrogens with zero attached hydrogens (tertiary/aromatic N) is 2. The van der Waals surface area contributed by atoms with Crippen LogP contribution in [0.15, 0.2) is 24.3 Å². The number of carbonyl (C=O) groups excluding carboxylic acids is 1. The number of para-hydroxylation sites is 1. The molecule has 2 aromatic rings. The second kappa shape index (κ2) is 7.47. The lowest BCUT2D eigenvalue weighted by atomic mass is 10.2. The van der Waals surface area contributed by atoms with Crippen molar-refractivity contribution in [1.29, 1.82) is 0 Å². The van der Waals surface area contributed by atoms with Crippen molar-refractivity contribution in [2.24, 2.45) is 12.8 Å². The molecule has 0 radical (unpaired) electrons. The first-order valence-electron chi connectivity index (χ1n) is 7.04. The molecule has 2 rings (SSSR count). The summed E-state index contributed by atoms with van der Waals surface area (Å²) in [5.74, 6) is 1.31. The highest BCUT2D eigenvalue weighted by Gasteiger charge is 2.14. The van der Waals surface area contributed by atoms with Gasteiger partial charge < -0.3 is 10.5 Å². The van der Waals surface area contributed by atoms with E-state index in [2.05, 4.69) is 17.2 Å². The molecule has 1 aromatic heterocycles. The number of ether oxygens (including phenoxy) is 1. The minimum atomic E-state index is -0.530. The summed E-state index contributed by atoms with van der Waals surface area (Å²) < 4.78 is 6.79. The summed E-state index contributed by atoms with van der Waals surface area (Å²) in [4.78, 5) is 11.4. The average molecular weight is 307 g/mol. The number of esters is 1. The van der Waals surface area contributed by atoms with Crippen LogP contribution in [0, 0.1) is 0 Å². The molecule has 1 aromatic carbocycles. The van der Waals surface area contributed by atoms with Crippen molar-refractivity contribution >= 4 is 28.6 Å². The Kier molecular flexibility index (Phi) is 5.64. The van der Waals surface area contributed by atoms with Crippen molar-refractivity contribution in [2.45, 2.75) is 25.1 Å². The third-order valence-electron chi connectivity index (χ3n) is 3.24. The van der Waals surface area contributed by atoms with Crippen LogP contribution in [0.4, 0.5) is 0 Å². The predicted octanol–water partition coefficient (Wildman–Crippen LogP) is 2.09. The zero-order valence-corrected chi connectivity index (χ0v) is 13.2. The van der Waals surface area contributed by atoms with Gasteiger partial charge in [0.2, 0.25) is 0 Å². The molecule has 0 fully saturated rings. The SMILES string of the molecule is CCOC(=O)C(N)CCSCc1nn(C)c2ccccc12. The standard InChI is InChI=1S/C15H21N3O2S/c1-3-20-15(19)12(16)8-9-21-10-13-11-6-4-5-7-14(11)18(2)17-13/h4-7,12H,3,8-10,16H2,1-2H3. The zero-order chi connectivity index (χ0) is 15.2. The number of thioether (sulfide) groups is 1. The maximum Gasteiger partial charge on any atom is 0.322 e. The van der Waals surface area contributed by atoms with Crippen LogP contribution in [0.2, 0.25) is 0 Å². The van der Waals surface area contributed by atoms with Gasteiger partial charge in [-0.15, -0.1) is 0 Å². The Balaban J connectivity index is 1.84. The lowest BCUT2D eigenvalue weighted by Gasteiger charge is -2.09. The molecule has 1 heterocycles. The summed E-state index contributed by atoms with van der Waals surface area (Å²) in [6.45, 7) is 2.16. The predicted molar refractivity (Wildman–Crippen MR) is 86.1 cm³/mol. The van der Waals surface area contributed by atoms with Crippen molar-refractivity contribution in [2.75, 3.05) is 12.4 Å². The maximum atomic E-state index is 11.4. The van der Waals surface area contributed by atoms with E-state index in [1.54, 1.807) is 18.7 Å². The molecule has 0 saturated carbocycles. The smallest absolute Gasteiger partial charge is 0.322 e. The number of carbonyl (C=O) groups is 1. The Morgan fingerprint density at radius 3 is 3.00 bits per heavy atom. The van der Waals surface area contributed by atoms with Crippen molar-refractivity contribution < 1.29 is 9.53 Å². The van der Waals surface area contributed by atoms with Gasteiger partial charge in [-0.2, -0.15) is 16.9 Å². The van der Waals surface area contributed by atoms with Crippen LogP contribution in [0.3, 0.4) is 0 Å². The fourth-order valence-corrected chi connectivity index (χ4v) is 3.11. The van der Waals surface area contributed by atoms with Gasteiger partial charge >= 0.3 is 5.97 Å². The summed E-state index contributed by atoms with van der Waals surface area (Å²) in [7, 11) is 1.95. The minimum Gasteiger partial charge on any atom is -0.465 e. The molecule has 21 heavy (non-hydrogen) atoms. The second-order valence-corrected chi connectivity index (χ2v) is 5.89. The molecule has 0 aliphatic heterocycles. The molecule has 0 aliphatic rings. The van der Waals surface area contributed by atoms with Crippen molar-refractivity contribution in [3.63, 3.8) is 0 Å². The molecule has 1 unspecified atom stereocenters. The molecule has 0 amide bonds. The van der Waals surface area contributed by atoms with Gasteiger partial charge in [-0.3, -0.25) is 9.48 Å². The highest BCUT2D eigenvalue weighted by Crippen LogP contribution is 2.22. The zero-order valence-electron chi connectivity index (χ0n) is 12.4. The van der Waals surface area contributed by atoms with E-state index < -0.39 is 6.04 Å². The van der Waals surface area contributed by atoms with Gasteiger partial charge in [-0.25, -0.2) is 0 Å². The second-order valence-electron chi connectivity index (χ2n) is 4.79. The first-order valence-corrected chi connectivity index (χ1v) is 8.19. The van der Waals surface area contributed by atoms with E-state index in [4.69, 9.17) is 10.5 Å². The van der Waals surface area contributed by atoms with Crippen LogP contribution in [0.25, 0.3) is 10.9 Å². The van der Waals surface area contributed by atoms with Gasteiger partial charge in [0.05, 0.1) is 17.8 Å². The highest BCUT2D eigenvalue weighted by molar-refractivity contribution is 7.98. The van der Waals surface area contributed by atoms with E-state index in [1.807, 2.05) is 23.9 Å². The Labute approximate surface area is 128 Å². The number of nitrogens with two attached hydrogens (primary N) is 1. The molecule has 6 heteroatoms. The molecule has 0 spiro atoms. The monoisotopic (exact) mass is 307 g/mol. The molecule has 2 N–H and O–H groups in total. The summed E-state index contributed by atoms with van der Waals surface area (Å²) in [5.41, 5.74) is 7.98. The third-order valence-corrected chi connectivity index (χ3v) is 4.24. The Hall–Kier alpha value is -1.53. The minimum absolute atomic E-state index is 0.318. The topological polar surface area (TPSA) is 70.1 Å². The van der Waals surface area contributed by atoms with Gasteiger partial charge in [-0.1, -0.05) is 18.2 Å². The Bertz CT molecular complexity index is 612. The fourth-order valence-electron chi connectivity index (χ4n) is 2.14.